The highest BCUT2D eigenvalue weighted by Crippen LogP contribution is 2.22. The molecule has 0 bridgehead atoms. The van der Waals surface area contributed by atoms with E-state index in [1.54, 1.807) is 0 Å². The van der Waals surface area contributed by atoms with Crippen LogP contribution < -0.4 is 10.9 Å². The van der Waals surface area contributed by atoms with Gasteiger partial charge in [0.2, 0.25) is 11.0 Å². The minimum atomic E-state index is -0.216. The molecule has 2 N–H and O–H groups in total. The van der Waals surface area contributed by atoms with Crippen LogP contribution in [-0.2, 0) is 4.79 Å². The van der Waals surface area contributed by atoms with E-state index in [0.29, 0.717) is 20.5 Å². The van der Waals surface area contributed by atoms with Crippen LogP contribution in [0.4, 0.5) is 5.13 Å². The minimum Gasteiger partial charge on any atom is -0.301 e. The van der Waals surface area contributed by atoms with Crippen molar-refractivity contribution in [3.8, 4) is 0 Å². The number of anilines is 1. The van der Waals surface area contributed by atoms with E-state index >= 15 is 0 Å². The minimum absolute atomic E-state index is 0.136. The molecule has 0 aromatic carbocycles. The average Bonchev–Trinajstić information content (AvgIpc) is 3.02. The maximum atomic E-state index is 11.9. The van der Waals surface area contributed by atoms with Crippen molar-refractivity contribution in [2.45, 2.75) is 19.0 Å². The van der Waals surface area contributed by atoms with Crippen LogP contribution in [0.1, 0.15) is 9.88 Å². The third-order valence-corrected chi connectivity index (χ3v) is 5.19. The van der Waals surface area contributed by atoms with Gasteiger partial charge in [-0.15, -0.1) is 21.5 Å². The predicted molar refractivity (Wildman–Crippen MR) is 89.0 cm³/mol. The van der Waals surface area contributed by atoms with Gasteiger partial charge in [0.15, 0.2) is 5.16 Å². The number of nitrogens with one attached hydrogen (secondary N) is 2. The molecular weight excluding hydrogens is 342 g/mol. The molecule has 7 nitrogen and oxygen atoms in total. The first-order valence-corrected chi connectivity index (χ1v) is 8.86. The van der Waals surface area contributed by atoms with E-state index in [-0.39, 0.29) is 17.2 Å². The maximum absolute atomic E-state index is 11.9. The number of hydrogen-bond acceptors (Lipinski definition) is 8. The normalized spacial score (nSPS) is 11.0. The van der Waals surface area contributed by atoms with Crippen molar-refractivity contribution in [3.63, 3.8) is 0 Å². The highest BCUT2D eigenvalue weighted by molar-refractivity contribution is 7.99. The van der Waals surface area contributed by atoms with Crippen molar-refractivity contribution >= 4 is 55.7 Å². The van der Waals surface area contributed by atoms with Gasteiger partial charge in [0.25, 0.3) is 5.56 Å². The molecule has 0 aliphatic heterocycles. The second kappa shape index (κ2) is 6.15. The number of carbonyl (C=O) groups is 1. The Hall–Kier alpha value is -1.78. The molecule has 114 valence electrons. The zero-order valence-electron chi connectivity index (χ0n) is 11.7. The fraction of sp³-hybridized carbons (Fsp3) is 0.250. The number of thioether (sulfide) groups is 1. The molecule has 0 saturated carbocycles. The highest BCUT2D eigenvalue weighted by Gasteiger charge is 2.11. The zero-order chi connectivity index (χ0) is 15.7. The molecule has 0 radical (unpaired) electrons. The molecule has 10 heteroatoms. The van der Waals surface area contributed by atoms with Crippen molar-refractivity contribution in [2.75, 3.05) is 11.1 Å². The number of nitrogens with zero attached hydrogens (tertiary/aromatic N) is 3. The van der Waals surface area contributed by atoms with Crippen molar-refractivity contribution in [3.05, 3.63) is 26.3 Å². The molecule has 0 fully saturated rings. The molecular formula is C12H11N5O2S3. The first kappa shape index (κ1) is 15.1. The van der Waals surface area contributed by atoms with Crippen LogP contribution in [0.25, 0.3) is 10.2 Å². The Labute approximate surface area is 137 Å². The lowest BCUT2D eigenvalue weighted by Crippen LogP contribution is -2.15. The lowest BCUT2D eigenvalue weighted by atomic mass is 10.4. The molecule has 3 aromatic heterocycles. The van der Waals surface area contributed by atoms with Crippen LogP contribution >= 0.6 is 34.4 Å². The Kier molecular flexibility index (Phi) is 4.23. The smallest absolute Gasteiger partial charge is 0.260 e. The SMILES string of the molecule is Cc1cc2c(=O)[nH]c(SCC(=O)Nc3nnc(C)s3)nc2s1. The van der Waals surface area contributed by atoms with Crippen molar-refractivity contribution in [1.82, 2.24) is 20.2 Å². The second-order valence-corrected chi connectivity index (χ2v) is 7.79. The highest BCUT2D eigenvalue weighted by atomic mass is 32.2. The van der Waals surface area contributed by atoms with Gasteiger partial charge in [0.05, 0.1) is 11.1 Å². The molecule has 3 aromatic rings. The molecule has 0 atom stereocenters. The lowest BCUT2D eigenvalue weighted by molar-refractivity contribution is -0.113. The molecule has 0 unspecified atom stereocenters. The molecule has 22 heavy (non-hydrogen) atoms. The molecule has 0 aliphatic rings. The summed E-state index contributed by atoms with van der Waals surface area (Å²) in [7, 11) is 0. The summed E-state index contributed by atoms with van der Waals surface area (Å²) in [6, 6.07) is 1.81. The van der Waals surface area contributed by atoms with Crippen LogP contribution in [0.15, 0.2) is 16.0 Å². The van der Waals surface area contributed by atoms with Crippen molar-refractivity contribution in [1.29, 1.82) is 0 Å². The average molecular weight is 353 g/mol. The third-order valence-electron chi connectivity index (χ3n) is 2.62. The van der Waals surface area contributed by atoms with Crippen LogP contribution in [-0.4, -0.2) is 31.8 Å². The number of H-pyrrole nitrogens is 1. The van der Waals surface area contributed by atoms with Gasteiger partial charge in [-0.3, -0.25) is 14.9 Å². The summed E-state index contributed by atoms with van der Waals surface area (Å²) in [6.07, 6.45) is 0. The van der Waals surface area contributed by atoms with Gasteiger partial charge >= 0.3 is 0 Å². The monoisotopic (exact) mass is 353 g/mol. The summed E-state index contributed by atoms with van der Waals surface area (Å²) < 4.78 is 0. The summed E-state index contributed by atoms with van der Waals surface area (Å²) in [5.74, 6) is -0.0801. The first-order valence-electron chi connectivity index (χ1n) is 6.24. The van der Waals surface area contributed by atoms with Gasteiger partial charge in [-0.25, -0.2) is 4.98 Å². The van der Waals surface area contributed by atoms with Crippen LogP contribution in [0.3, 0.4) is 0 Å². The molecule has 0 saturated heterocycles. The second-order valence-electron chi connectivity index (χ2n) is 4.41. The molecule has 0 aliphatic carbocycles. The number of hydrogen-bond donors (Lipinski definition) is 2. The van der Waals surface area contributed by atoms with Gasteiger partial charge < -0.3 is 4.98 Å². The standard InChI is InChI=1S/C12H11N5O2S3/c1-5-3-7-9(19)14-11(15-10(7)21-5)20-4-8(18)13-12-17-16-6(2)22-12/h3H,4H2,1-2H3,(H,13,17,18)(H,14,15,19). The largest absolute Gasteiger partial charge is 0.301 e. The summed E-state index contributed by atoms with van der Waals surface area (Å²) in [5, 5.41) is 12.6. The number of aromatic nitrogens is 4. The van der Waals surface area contributed by atoms with E-state index in [4.69, 9.17) is 0 Å². The van der Waals surface area contributed by atoms with Gasteiger partial charge in [-0.1, -0.05) is 23.1 Å². The van der Waals surface area contributed by atoms with E-state index < -0.39 is 0 Å². The number of amides is 1. The quantitative estimate of drug-likeness (QED) is 0.551. The summed E-state index contributed by atoms with van der Waals surface area (Å²) >= 11 is 3.95. The number of aromatic amines is 1. The van der Waals surface area contributed by atoms with E-state index in [1.807, 2.05) is 19.9 Å². The number of thiophene rings is 1. The number of aryl methyl sites for hydroxylation is 2. The van der Waals surface area contributed by atoms with E-state index in [0.717, 1.165) is 9.88 Å². The summed E-state index contributed by atoms with van der Waals surface area (Å²) in [5.41, 5.74) is -0.183. The van der Waals surface area contributed by atoms with Gasteiger partial charge in [-0.2, -0.15) is 0 Å². The Morgan fingerprint density at radius 3 is 2.91 bits per heavy atom. The fourth-order valence-electron chi connectivity index (χ4n) is 1.74. The van der Waals surface area contributed by atoms with Crippen molar-refractivity contribution in [2.24, 2.45) is 0 Å². The van der Waals surface area contributed by atoms with Gasteiger partial charge in [0.1, 0.15) is 9.84 Å². The topological polar surface area (TPSA) is 101 Å². The Bertz CT molecular complexity index is 898. The summed E-state index contributed by atoms with van der Waals surface area (Å²) in [6.45, 7) is 3.74. The number of carbonyl (C=O) groups excluding carboxylic acids is 1. The fourth-order valence-corrected chi connectivity index (χ4v) is 3.94. The molecule has 1 amide bonds. The first-order chi connectivity index (χ1) is 10.5. The van der Waals surface area contributed by atoms with E-state index in [9.17, 15) is 9.59 Å². The predicted octanol–water partition coefficient (Wildman–Crippen LogP) is 2.18. The van der Waals surface area contributed by atoms with E-state index in [1.165, 1.54) is 34.4 Å². The Morgan fingerprint density at radius 1 is 1.36 bits per heavy atom. The van der Waals surface area contributed by atoms with Gasteiger partial charge in [0, 0.05) is 4.88 Å². The summed E-state index contributed by atoms with van der Waals surface area (Å²) in [4.78, 5) is 32.5. The Balaban J connectivity index is 1.68. The molecule has 0 spiro atoms. The van der Waals surface area contributed by atoms with Gasteiger partial charge in [-0.05, 0) is 19.9 Å². The van der Waals surface area contributed by atoms with Crippen molar-refractivity contribution < 1.29 is 4.79 Å². The van der Waals surface area contributed by atoms with Crippen LogP contribution in [0.2, 0.25) is 0 Å². The van der Waals surface area contributed by atoms with E-state index in [2.05, 4.69) is 25.5 Å². The maximum Gasteiger partial charge on any atom is 0.260 e. The molecule has 3 rings (SSSR count). The van der Waals surface area contributed by atoms with Crippen LogP contribution in [0.5, 0.6) is 0 Å². The lowest BCUT2D eigenvalue weighted by Gasteiger charge is -2.01. The number of rotatable bonds is 4. The Morgan fingerprint density at radius 2 is 2.18 bits per heavy atom. The molecule has 3 heterocycles. The third kappa shape index (κ3) is 3.34. The zero-order valence-corrected chi connectivity index (χ0v) is 14.1. The van der Waals surface area contributed by atoms with Crippen LogP contribution in [0, 0.1) is 13.8 Å². The number of fused-ring (bicyclic) bond motifs is 1.